The molecule has 0 aromatic heterocycles. The first kappa shape index (κ1) is 15.3. The fourth-order valence-electron chi connectivity index (χ4n) is 2.52. The Bertz CT molecular complexity index is 622. The standard InChI is InChI=1S/C18H21NO2/c1-14-6-5-7-15(10-14)12-19(2)13-17-9-4-3-8-16(17)11-18(20)21/h3-10H,11-13H2,1-2H3,(H,20,21). The molecule has 0 spiro atoms. The second kappa shape index (κ2) is 7.04. The Kier molecular flexibility index (Phi) is 5.12. The van der Waals surface area contributed by atoms with E-state index >= 15 is 0 Å². The molecular formula is C18H21NO2. The van der Waals surface area contributed by atoms with Gasteiger partial charge >= 0.3 is 5.97 Å². The Hall–Kier alpha value is -2.13. The third-order valence-electron chi connectivity index (χ3n) is 3.44. The molecule has 2 aromatic rings. The second-order valence-electron chi connectivity index (χ2n) is 5.50. The minimum atomic E-state index is -0.788. The van der Waals surface area contributed by atoms with Gasteiger partial charge in [-0.05, 0) is 30.7 Å². The molecule has 0 atom stereocenters. The van der Waals surface area contributed by atoms with Crippen molar-refractivity contribution in [2.24, 2.45) is 0 Å². The average Bonchev–Trinajstić information content (AvgIpc) is 2.40. The summed E-state index contributed by atoms with van der Waals surface area (Å²) in [6.07, 6.45) is 0.0778. The molecular weight excluding hydrogens is 262 g/mol. The first-order valence-corrected chi connectivity index (χ1v) is 7.07. The summed E-state index contributed by atoms with van der Waals surface area (Å²) in [5.74, 6) is -0.788. The van der Waals surface area contributed by atoms with E-state index in [0.29, 0.717) is 0 Å². The predicted molar refractivity (Wildman–Crippen MR) is 84.1 cm³/mol. The molecule has 2 aromatic carbocycles. The zero-order chi connectivity index (χ0) is 15.2. The molecule has 1 N–H and O–H groups in total. The highest BCUT2D eigenvalue weighted by molar-refractivity contribution is 5.70. The molecule has 0 radical (unpaired) electrons. The third kappa shape index (κ3) is 4.72. The van der Waals surface area contributed by atoms with Gasteiger partial charge in [-0.1, -0.05) is 54.1 Å². The first-order valence-electron chi connectivity index (χ1n) is 7.07. The minimum absolute atomic E-state index is 0.0778. The van der Waals surface area contributed by atoms with Gasteiger partial charge in [0, 0.05) is 13.1 Å². The number of carboxylic acid groups (broad SMARTS) is 1. The molecule has 0 unspecified atom stereocenters. The SMILES string of the molecule is Cc1cccc(CN(C)Cc2ccccc2CC(=O)O)c1. The molecule has 0 aliphatic carbocycles. The lowest BCUT2D eigenvalue weighted by Gasteiger charge is -2.19. The molecule has 3 nitrogen and oxygen atoms in total. The molecule has 0 bridgehead atoms. The van der Waals surface area contributed by atoms with Gasteiger partial charge in [-0.25, -0.2) is 0 Å². The number of carbonyl (C=O) groups is 1. The summed E-state index contributed by atoms with van der Waals surface area (Å²) in [4.78, 5) is 13.1. The predicted octanol–water partition coefficient (Wildman–Crippen LogP) is 3.25. The zero-order valence-corrected chi connectivity index (χ0v) is 12.5. The fraction of sp³-hybridized carbons (Fsp3) is 0.278. The molecule has 0 saturated heterocycles. The van der Waals surface area contributed by atoms with Gasteiger partial charge < -0.3 is 5.11 Å². The van der Waals surface area contributed by atoms with Gasteiger partial charge in [0.25, 0.3) is 0 Å². The fourth-order valence-corrected chi connectivity index (χ4v) is 2.52. The highest BCUT2D eigenvalue weighted by atomic mass is 16.4. The van der Waals surface area contributed by atoms with E-state index in [1.54, 1.807) is 0 Å². The van der Waals surface area contributed by atoms with Crippen molar-refractivity contribution in [1.82, 2.24) is 4.90 Å². The van der Waals surface area contributed by atoms with E-state index in [4.69, 9.17) is 5.11 Å². The molecule has 110 valence electrons. The Morgan fingerprint density at radius 1 is 1.05 bits per heavy atom. The van der Waals surface area contributed by atoms with Crippen LogP contribution in [0, 0.1) is 6.92 Å². The largest absolute Gasteiger partial charge is 0.481 e. The summed E-state index contributed by atoms with van der Waals surface area (Å²) in [5.41, 5.74) is 4.50. The van der Waals surface area contributed by atoms with Crippen LogP contribution in [0.4, 0.5) is 0 Å². The number of nitrogens with zero attached hydrogens (tertiary/aromatic N) is 1. The van der Waals surface area contributed by atoms with E-state index in [9.17, 15) is 4.79 Å². The van der Waals surface area contributed by atoms with Crippen molar-refractivity contribution in [3.63, 3.8) is 0 Å². The molecule has 3 heteroatoms. The van der Waals surface area contributed by atoms with Gasteiger partial charge in [-0.15, -0.1) is 0 Å². The maximum atomic E-state index is 10.9. The van der Waals surface area contributed by atoms with E-state index < -0.39 is 5.97 Å². The summed E-state index contributed by atoms with van der Waals surface area (Å²) in [6, 6.07) is 16.2. The zero-order valence-electron chi connectivity index (χ0n) is 12.5. The van der Waals surface area contributed by atoms with Crippen LogP contribution in [-0.4, -0.2) is 23.0 Å². The Morgan fingerprint density at radius 2 is 1.76 bits per heavy atom. The van der Waals surface area contributed by atoms with Gasteiger partial charge in [0.15, 0.2) is 0 Å². The van der Waals surface area contributed by atoms with Crippen molar-refractivity contribution >= 4 is 5.97 Å². The Labute approximate surface area is 125 Å². The van der Waals surface area contributed by atoms with Crippen molar-refractivity contribution in [3.05, 3.63) is 70.8 Å². The topological polar surface area (TPSA) is 40.5 Å². The molecule has 2 rings (SSSR count). The van der Waals surface area contributed by atoms with Gasteiger partial charge in [0.1, 0.15) is 0 Å². The molecule has 0 amide bonds. The van der Waals surface area contributed by atoms with Crippen LogP contribution in [0.15, 0.2) is 48.5 Å². The lowest BCUT2D eigenvalue weighted by molar-refractivity contribution is -0.136. The van der Waals surface area contributed by atoms with Crippen LogP contribution in [0.3, 0.4) is 0 Å². The van der Waals surface area contributed by atoms with E-state index in [1.165, 1.54) is 11.1 Å². The van der Waals surface area contributed by atoms with Crippen LogP contribution < -0.4 is 0 Å². The highest BCUT2D eigenvalue weighted by Crippen LogP contribution is 2.14. The van der Waals surface area contributed by atoms with Gasteiger partial charge in [-0.2, -0.15) is 0 Å². The Balaban J connectivity index is 2.05. The van der Waals surface area contributed by atoms with Crippen LogP contribution >= 0.6 is 0 Å². The van der Waals surface area contributed by atoms with E-state index in [2.05, 4.69) is 43.1 Å². The summed E-state index contributed by atoms with van der Waals surface area (Å²) in [7, 11) is 2.06. The van der Waals surface area contributed by atoms with Crippen LogP contribution in [0.25, 0.3) is 0 Å². The van der Waals surface area contributed by atoms with Crippen LogP contribution in [0.5, 0.6) is 0 Å². The molecule has 0 aliphatic rings. The smallest absolute Gasteiger partial charge is 0.307 e. The Morgan fingerprint density at radius 3 is 2.43 bits per heavy atom. The van der Waals surface area contributed by atoms with E-state index in [0.717, 1.165) is 24.2 Å². The van der Waals surface area contributed by atoms with Crippen molar-refractivity contribution < 1.29 is 9.90 Å². The summed E-state index contributed by atoms with van der Waals surface area (Å²) in [5, 5.41) is 8.98. The molecule has 0 aliphatic heterocycles. The lowest BCUT2D eigenvalue weighted by atomic mass is 10.0. The highest BCUT2D eigenvalue weighted by Gasteiger charge is 2.09. The maximum Gasteiger partial charge on any atom is 0.307 e. The number of aryl methyl sites for hydroxylation is 1. The lowest BCUT2D eigenvalue weighted by Crippen LogP contribution is -2.18. The second-order valence-corrected chi connectivity index (χ2v) is 5.50. The van der Waals surface area contributed by atoms with E-state index in [1.807, 2.05) is 24.3 Å². The summed E-state index contributed by atoms with van der Waals surface area (Å²) < 4.78 is 0. The number of benzene rings is 2. The number of rotatable bonds is 6. The minimum Gasteiger partial charge on any atom is -0.481 e. The average molecular weight is 283 g/mol. The monoisotopic (exact) mass is 283 g/mol. The number of aliphatic carboxylic acids is 1. The van der Waals surface area contributed by atoms with Crippen molar-refractivity contribution in [2.75, 3.05) is 7.05 Å². The maximum absolute atomic E-state index is 10.9. The number of hydrogen-bond acceptors (Lipinski definition) is 2. The third-order valence-corrected chi connectivity index (χ3v) is 3.44. The first-order chi connectivity index (χ1) is 10.0. The molecule has 0 fully saturated rings. The number of carboxylic acids is 1. The summed E-state index contributed by atoms with van der Waals surface area (Å²) in [6.45, 7) is 3.69. The van der Waals surface area contributed by atoms with Crippen LogP contribution in [-0.2, 0) is 24.3 Å². The van der Waals surface area contributed by atoms with Crippen molar-refractivity contribution in [1.29, 1.82) is 0 Å². The normalized spacial score (nSPS) is 10.8. The molecule has 21 heavy (non-hydrogen) atoms. The quantitative estimate of drug-likeness (QED) is 0.884. The molecule has 0 saturated carbocycles. The van der Waals surface area contributed by atoms with Crippen molar-refractivity contribution in [2.45, 2.75) is 26.4 Å². The van der Waals surface area contributed by atoms with Gasteiger partial charge in [0.2, 0.25) is 0 Å². The number of hydrogen-bond donors (Lipinski definition) is 1. The molecule has 0 heterocycles. The van der Waals surface area contributed by atoms with E-state index in [-0.39, 0.29) is 6.42 Å². The van der Waals surface area contributed by atoms with Crippen LogP contribution in [0.1, 0.15) is 22.3 Å². The van der Waals surface area contributed by atoms with Gasteiger partial charge in [0.05, 0.1) is 6.42 Å². The van der Waals surface area contributed by atoms with Crippen LogP contribution in [0.2, 0.25) is 0 Å². The summed E-state index contributed by atoms with van der Waals surface area (Å²) >= 11 is 0. The van der Waals surface area contributed by atoms with Gasteiger partial charge in [-0.3, -0.25) is 9.69 Å². The van der Waals surface area contributed by atoms with Crippen molar-refractivity contribution in [3.8, 4) is 0 Å².